The molecule has 0 radical (unpaired) electrons. The Morgan fingerprint density at radius 1 is 1.03 bits per heavy atom. The Hall–Kier alpha value is -3.26. The third kappa shape index (κ3) is 3.76. The van der Waals surface area contributed by atoms with Gasteiger partial charge in [-0.25, -0.2) is 0 Å². The fourth-order valence-electron chi connectivity index (χ4n) is 7.37. The highest BCUT2D eigenvalue weighted by molar-refractivity contribution is 5.65. The van der Waals surface area contributed by atoms with Crippen molar-refractivity contribution >= 4 is 0 Å². The van der Waals surface area contributed by atoms with E-state index in [-0.39, 0.29) is 11.5 Å². The van der Waals surface area contributed by atoms with Crippen LogP contribution in [0.15, 0.2) is 97.9 Å². The van der Waals surface area contributed by atoms with Gasteiger partial charge >= 0.3 is 0 Å². The Bertz CT molecular complexity index is 1390. The van der Waals surface area contributed by atoms with Crippen molar-refractivity contribution in [1.29, 1.82) is 0 Å². The van der Waals surface area contributed by atoms with Crippen LogP contribution >= 0.6 is 0 Å². The van der Waals surface area contributed by atoms with Crippen LogP contribution in [0.3, 0.4) is 0 Å². The molecule has 1 aliphatic heterocycles. The first kappa shape index (κ1) is 25.4. The quantitative estimate of drug-likeness (QED) is 0.182. The van der Waals surface area contributed by atoms with Crippen LogP contribution in [0, 0.1) is 25.7 Å². The minimum absolute atomic E-state index is 0.160. The van der Waals surface area contributed by atoms with Crippen LogP contribution in [-0.4, -0.2) is 0 Å². The topological polar surface area (TPSA) is 7.76 Å². The smallest absolute Gasteiger partial charge is 0.195 e. The Balaban J connectivity index is 1.83. The molecule has 3 heterocycles. The predicted molar refractivity (Wildman–Crippen MR) is 153 cm³/mol. The molecule has 0 amide bonds. The van der Waals surface area contributed by atoms with Gasteiger partial charge in [-0.3, -0.25) is 0 Å². The lowest BCUT2D eigenvalue weighted by atomic mass is 9.48. The van der Waals surface area contributed by atoms with Gasteiger partial charge in [0.1, 0.15) is 11.8 Å². The fraction of sp³-hybridized carbons (Fsp3) is 0.371. The van der Waals surface area contributed by atoms with Crippen molar-refractivity contribution in [2.45, 2.75) is 71.4 Å². The van der Waals surface area contributed by atoms with Crippen molar-refractivity contribution < 1.29 is 9.13 Å². The maximum atomic E-state index is 4.45. The summed E-state index contributed by atoms with van der Waals surface area (Å²) in [6.07, 6.45) is 12.1. The van der Waals surface area contributed by atoms with E-state index in [1.54, 1.807) is 0 Å². The van der Waals surface area contributed by atoms with E-state index in [4.69, 9.17) is 0 Å². The van der Waals surface area contributed by atoms with E-state index >= 15 is 0 Å². The molecule has 3 aromatic rings. The summed E-state index contributed by atoms with van der Waals surface area (Å²) in [6, 6.07) is 18.4. The number of allylic oxidation sites excluding steroid dienone is 4. The monoisotopic (exact) mass is 490 g/mol. The minimum atomic E-state index is -0.160. The van der Waals surface area contributed by atoms with E-state index in [1.165, 1.54) is 39.2 Å². The second-order valence-electron chi connectivity index (χ2n) is 11.7. The average molecular weight is 491 g/mol. The third-order valence-corrected chi connectivity index (χ3v) is 9.02. The molecule has 2 aliphatic rings. The maximum absolute atomic E-state index is 4.45. The number of fused-ring (bicyclic) bond motifs is 6. The number of aromatic nitrogens is 2. The Morgan fingerprint density at radius 2 is 1.76 bits per heavy atom. The van der Waals surface area contributed by atoms with Crippen molar-refractivity contribution in [3.63, 3.8) is 0 Å². The highest BCUT2D eigenvalue weighted by Gasteiger charge is 2.74. The number of aryl methyl sites for hydroxylation is 2. The SMILES string of the molecule is C=C/C=C(/CC1([n+]2cc(C)c(C(C)C)cc2C)C(C=C)C2C1c1ccccc1-c1cccc[n+]12)C(C)C. The molecule has 4 atom stereocenters. The zero-order valence-electron chi connectivity index (χ0n) is 23.4. The van der Waals surface area contributed by atoms with E-state index in [1.807, 2.05) is 6.08 Å². The minimum Gasteiger partial charge on any atom is -0.195 e. The van der Waals surface area contributed by atoms with E-state index in [9.17, 15) is 0 Å². The molecule has 1 aliphatic carbocycles. The van der Waals surface area contributed by atoms with Crippen LogP contribution in [0.25, 0.3) is 11.3 Å². The Labute approximate surface area is 223 Å². The highest BCUT2D eigenvalue weighted by atomic mass is 15.2. The zero-order valence-corrected chi connectivity index (χ0v) is 23.4. The maximum Gasteiger partial charge on any atom is 0.213 e. The van der Waals surface area contributed by atoms with E-state index in [2.05, 4.69) is 137 Å². The lowest BCUT2D eigenvalue weighted by Gasteiger charge is -2.55. The molecule has 1 aromatic carbocycles. The van der Waals surface area contributed by atoms with Gasteiger partial charge in [-0.15, -0.1) is 6.58 Å². The molecule has 5 rings (SSSR count). The third-order valence-electron chi connectivity index (χ3n) is 9.02. The summed E-state index contributed by atoms with van der Waals surface area (Å²) in [6.45, 7) is 22.3. The number of hydrogen-bond acceptors (Lipinski definition) is 0. The van der Waals surface area contributed by atoms with E-state index < -0.39 is 0 Å². The molecule has 2 nitrogen and oxygen atoms in total. The van der Waals surface area contributed by atoms with Crippen LogP contribution in [0.1, 0.15) is 74.4 Å². The summed E-state index contributed by atoms with van der Waals surface area (Å²) in [7, 11) is 0. The molecule has 2 aromatic heterocycles. The van der Waals surface area contributed by atoms with Crippen LogP contribution in [0.2, 0.25) is 0 Å². The molecule has 1 fully saturated rings. The second kappa shape index (κ2) is 9.56. The molecule has 2 heteroatoms. The number of pyridine rings is 2. The standard InChI is InChI=1S/C35H42N2/c1-9-15-27(23(3)4)21-35(37-22-25(7)30(24(5)6)20-26(37)8)31(10-2)34-33(35)29-17-12-11-16-28(29)32-18-13-14-19-36(32)34/h9-20,22-24,31,33-34H,1-2,21H2,3-8H3/q+2/b27-15-. The predicted octanol–water partition coefficient (Wildman–Crippen LogP) is 7.68. The normalized spacial score (nSPS) is 24.2. The number of hydrogen-bond donors (Lipinski definition) is 0. The molecule has 0 saturated heterocycles. The number of nitrogens with zero attached hydrogens (tertiary/aromatic N) is 2. The van der Waals surface area contributed by atoms with Crippen LogP contribution < -0.4 is 9.13 Å². The van der Waals surface area contributed by atoms with Crippen molar-refractivity contribution in [2.75, 3.05) is 0 Å². The first-order valence-corrected chi connectivity index (χ1v) is 13.8. The molecular formula is C35H42N2+2. The summed E-state index contributed by atoms with van der Waals surface area (Å²) in [5, 5.41) is 0. The summed E-state index contributed by atoms with van der Waals surface area (Å²) in [4.78, 5) is 0. The van der Waals surface area contributed by atoms with Crippen molar-refractivity contribution in [1.82, 2.24) is 0 Å². The summed E-state index contributed by atoms with van der Waals surface area (Å²) in [5.74, 6) is 1.54. The molecule has 0 spiro atoms. The number of benzene rings is 1. The van der Waals surface area contributed by atoms with Gasteiger partial charge in [0, 0.05) is 37.1 Å². The average Bonchev–Trinajstić information content (AvgIpc) is 2.87. The summed E-state index contributed by atoms with van der Waals surface area (Å²) >= 11 is 0. The van der Waals surface area contributed by atoms with Gasteiger partial charge in [0.15, 0.2) is 29.7 Å². The highest BCUT2D eigenvalue weighted by Crippen LogP contribution is 2.64. The van der Waals surface area contributed by atoms with Crippen LogP contribution in [-0.2, 0) is 5.54 Å². The van der Waals surface area contributed by atoms with Gasteiger partial charge in [-0.05, 0) is 42.0 Å². The lowest BCUT2D eigenvalue weighted by molar-refractivity contribution is -0.844. The molecule has 1 saturated carbocycles. The van der Waals surface area contributed by atoms with Crippen molar-refractivity contribution in [3.05, 3.63) is 120 Å². The van der Waals surface area contributed by atoms with Gasteiger partial charge in [0.2, 0.25) is 5.69 Å². The van der Waals surface area contributed by atoms with Gasteiger partial charge in [0.05, 0.1) is 5.56 Å². The van der Waals surface area contributed by atoms with Gasteiger partial charge in [-0.2, -0.15) is 9.13 Å². The number of rotatable bonds is 7. The molecule has 0 N–H and O–H groups in total. The molecule has 0 bridgehead atoms. The van der Waals surface area contributed by atoms with Gasteiger partial charge < -0.3 is 0 Å². The van der Waals surface area contributed by atoms with Crippen molar-refractivity contribution in [3.8, 4) is 11.3 Å². The summed E-state index contributed by atoms with van der Waals surface area (Å²) in [5.41, 5.74) is 9.51. The Kier molecular flexibility index (Phi) is 6.56. The first-order valence-electron chi connectivity index (χ1n) is 13.8. The van der Waals surface area contributed by atoms with Crippen LogP contribution in [0.5, 0.6) is 0 Å². The fourth-order valence-corrected chi connectivity index (χ4v) is 7.37. The van der Waals surface area contributed by atoms with Gasteiger partial charge in [-0.1, -0.05) is 76.3 Å². The largest absolute Gasteiger partial charge is 0.213 e. The molecule has 4 unspecified atom stereocenters. The van der Waals surface area contributed by atoms with Crippen molar-refractivity contribution in [2.24, 2.45) is 11.8 Å². The summed E-state index contributed by atoms with van der Waals surface area (Å²) < 4.78 is 5.15. The first-order chi connectivity index (χ1) is 17.8. The Morgan fingerprint density at radius 3 is 2.43 bits per heavy atom. The van der Waals surface area contributed by atoms with Crippen LogP contribution in [0.4, 0.5) is 0 Å². The lowest BCUT2D eigenvalue weighted by Crippen LogP contribution is -2.78. The second-order valence-corrected chi connectivity index (χ2v) is 11.7. The van der Waals surface area contributed by atoms with Gasteiger partial charge in [0.25, 0.3) is 0 Å². The molecule has 37 heavy (non-hydrogen) atoms. The van der Waals surface area contributed by atoms with E-state index in [0.717, 1.165) is 6.42 Å². The molecular weight excluding hydrogens is 448 g/mol. The zero-order chi connectivity index (χ0) is 26.5. The molecule has 190 valence electrons. The van der Waals surface area contributed by atoms with E-state index in [0.29, 0.717) is 23.8 Å².